The summed E-state index contributed by atoms with van der Waals surface area (Å²) in [5, 5.41) is 2.25. The lowest BCUT2D eigenvalue weighted by atomic mass is 10.4. The van der Waals surface area contributed by atoms with Gasteiger partial charge in [-0.05, 0) is 48.0 Å². The zero-order chi connectivity index (χ0) is 14.0. The van der Waals surface area contributed by atoms with Crippen molar-refractivity contribution in [1.82, 2.24) is 0 Å². The summed E-state index contributed by atoms with van der Waals surface area (Å²) >= 11 is 1.97. The molecule has 0 nitrogen and oxygen atoms in total. The van der Waals surface area contributed by atoms with Crippen molar-refractivity contribution < 1.29 is 0 Å². The van der Waals surface area contributed by atoms with Crippen LogP contribution in [0.25, 0.3) is 0 Å². The number of unbranched alkanes of at least 4 members (excludes halogenated alkanes) is 3. The zero-order valence-corrected chi connectivity index (χ0v) is 14.8. The smallest absolute Gasteiger partial charge is 0.0129 e. The van der Waals surface area contributed by atoms with E-state index in [1.54, 1.807) is 4.88 Å². The fraction of sp³-hybridized carbons (Fsp3) is 0.765. The van der Waals surface area contributed by atoms with Gasteiger partial charge in [-0.1, -0.05) is 46.1 Å². The summed E-state index contributed by atoms with van der Waals surface area (Å²) in [7, 11) is -0.395. The van der Waals surface area contributed by atoms with E-state index in [9.17, 15) is 0 Å². The number of hydrogen-bond acceptors (Lipinski definition) is 1. The summed E-state index contributed by atoms with van der Waals surface area (Å²) in [6.07, 6.45) is 8.39. The predicted molar refractivity (Wildman–Crippen MR) is 94.9 cm³/mol. The van der Waals surface area contributed by atoms with E-state index >= 15 is 0 Å². The Balaban J connectivity index is 2.74. The van der Waals surface area contributed by atoms with Crippen LogP contribution < -0.4 is 0 Å². The van der Waals surface area contributed by atoms with Gasteiger partial charge in [0.2, 0.25) is 0 Å². The van der Waals surface area contributed by atoms with Gasteiger partial charge in [-0.25, -0.2) is 10.0 Å². The van der Waals surface area contributed by atoms with Crippen molar-refractivity contribution in [3.63, 3.8) is 0 Å². The average Bonchev–Trinajstić information content (AvgIpc) is 2.93. The molecule has 0 aliphatic heterocycles. The maximum atomic E-state index is 2.36. The highest BCUT2D eigenvalue weighted by Gasteiger charge is 2.23. The molecule has 0 radical (unpaired) electrons. The summed E-state index contributed by atoms with van der Waals surface area (Å²) in [6.45, 7) is 7.03. The Morgan fingerprint density at radius 3 is 1.79 bits per heavy atom. The lowest BCUT2D eigenvalue weighted by molar-refractivity contribution is 0.844. The maximum absolute atomic E-state index is 2.36. The lowest BCUT2D eigenvalue weighted by Gasteiger charge is -2.40. The monoisotopic (exact) mass is 300 g/mol. The molecule has 1 aromatic heterocycles. The molecule has 0 saturated heterocycles. The number of rotatable bonds is 11. The van der Waals surface area contributed by atoms with Gasteiger partial charge in [-0.2, -0.15) is 0 Å². The van der Waals surface area contributed by atoms with Crippen LogP contribution in [0.15, 0.2) is 17.5 Å². The van der Waals surface area contributed by atoms with Gasteiger partial charge in [0.05, 0.1) is 0 Å². The Labute approximate surface area is 126 Å². The quantitative estimate of drug-likeness (QED) is 0.440. The molecule has 0 aliphatic carbocycles. The van der Waals surface area contributed by atoms with E-state index in [1.807, 2.05) is 11.3 Å². The molecular weight excluding hydrogens is 268 g/mol. The zero-order valence-electron chi connectivity index (χ0n) is 13.1. The first kappa shape index (κ1) is 17.1. The van der Waals surface area contributed by atoms with Crippen molar-refractivity contribution in [2.75, 3.05) is 17.3 Å². The maximum Gasteiger partial charge on any atom is 0.0129 e. The fourth-order valence-electron chi connectivity index (χ4n) is 2.57. The summed E-state index contributed by atoms with van der Waals surface area (Å²) in [4.78, 5) is 1.64. The minimum atomic E-state index is -0.395. The molecule has 0 unspecified atom stereocenters. The highest BCUT2D eigenvalue weighted by atomic mass is 32.3. The minimum Gasteiger partial charge on any atom is -0.236 e. The van der Waals surface area contributed by atoms with Crippen LogP contribution in [0.5, 0.6) is 0 Å². The van der Waals surface area contributed by atoms with Crippen LogP contribution in [0.4, 0.5) is 0 Å². The van der Waals surface area contributed by atoms with Crippen LogP contribution >= 0.6 is 21.4 Å². The van der Waals surface area contributed by atoms with Crippen LogP contribution in [0.2, 0.25) is 0 Å². The van der Waals surface area contributed by atoms with Crippen molar-refractivity contribution in [3.05, 3.63) is 22.4 Å². The molecule has 0 amide bonds. The van der Waals surface area contributed by atoms with Gasteiger partial charge >= 0.3 is 0 Å². The normalized spacial score (nSPS) is 12.8. The summed E-state index contributed by atoms with van der Waals surface area (Å²) < 4.78 is 0. The highest BCUT2D eigenvalue weighted by molar-refractivity contribution is 8.33. The number of hydrogen-bond donors (Lipinski definition) is 0. The van der Waals surface area contributed by atoms with Crippen molar-refractivity contribution in [3.8, 4) is 0 Å². The second-order valence-corrected chi connectivity index (χ2v) is 10.6. The Kier molecular flexibility index (Phi) is 8.89. The van der Waals surface area contributed by atoms with Gasteiger partial charge in [-0.15, -0.1) is 11.3 Å². The summed E-state index contributed by atoms with van der Waals surface area (Å²) in [5.41, 5.74) is 0. The molecular formula is C17H32S2. The molecule has 0 spiro atoms. The van der Waals surface area contributed by atoms with Crippen molar-refractivity contribution in [2.24, 2.45) is 0 Å². The van der Waals surface area contributed by atoms with Gasteiger partial charge in [0.25, 0.3) is 0 Å². The number of thiophene rings is 1. The van der Waals surface area contributed by atoms with Gasteiger partial charge in [0, 0.05) is 10.6 Å². The third kappa shape index (κ3) is 6.35. The molecule has 1 aromatic rings. The van der Waals surface area contributed by atoms with Crippen LogP contribution in [-0.2, 0) is 5.75 Å². The molecule has 0 aromatic carbocycles. The third-order valence-electron chi connectivity index (χ3n) is 3.82. The van der Waals surface area contributed by atoms with Crippen LogP contribution in [0.1, 0.15) is 64.2 Å². The van der Waals surface area contributed by atoms with E-state index in [0.717, 1.165) is 0 Å². The molecule has 1 heterocycles. The molecule has 0 bridgehead atoms. The van der Waals surface area contributed by atoms with E-state index in [-0.39, 0.29) is 0 Å². The van der Waals surface area contributed by atoms with Crippen molar-refractivity contribution >= 4 is 21.4 Å². The van der Waals surface area contributed by atoms with E-state index < -0.39 is 10.0 Å². The summed E-state index contributed by atoms with van der Waals surface area (Å²) in [5.74, 6) is 5.95. The van der Waals surface area contributed by atoms with E-state index in [0.29, 0.717) is 0 Å². The van der Waals surface area contributed by atoms with E-state index in [4.69, 9.17) is 0 Å². The molecule has 0 saturated carbocycles. The largest absolute Gasteiger partial charge is 0.236 e. The second kappa shape index (κ2) is 9.88. The van der Waals surface area contributed by atoms with Gasteiger partial charge < -0.3 is 0 Å². The average molecular weight is 301 g/mol. The summed E-state index contributed by atoms with van der Waals surface area (Å²) in [6, 6.07) is 4.58. The van der Waals surface area contributed by atoms with Crippen LogP contribution in [0, 0.1) is 0 Å². The first-order valence-corrected chi connectivity index (χ1v) is 11.2. The fourth-order valence-corrected chi connectivity index (χ4v) is 8.53. The minimum absolute atomic E-state index is 0.395. The Hall–Kier alpha value is 0.0500. The third-order valence-corrected chi connectivity index (χ3v) is 9.27. The lowest BCUT2D eigenvalue weighted by Crippen LogP contribution is -2.16. The predicted octanol–water partition coefficient (Wildman–Crippen LogP) is 6.45. The van der Waals surface area contributed by atoms with Crippen LogP contribution in [0.3, 0.4) is 0 Å². The molecule has 0 aliphatic rings. The van der Waals surface area contributed by atoms with Gasteiger partial charge in [0.1, 0.15) is 0 Å². The van der Waals surface area contributed by atoms with Gasteiger partial charge in [-0.3, -0.25) is 0 Å². The first-order chi connectivity index (χ1) is 9.26. The Bertz CT molecular complexity index is 281. The molecule has 19 heavy (non-hydrogen) atoms. The molecule has 1 rings (SSSR count). The van der Waals surface area contributed by atoms with Gasteiger partial charge in [0.15, 0.2) is 0 Å². The SMILES string of the molecule is CCCCS(CCCC)(CCCC)Cc1cccs1. The Morgan fingerprint density at radius 2 is 1.42 bits per heavy atom. The van der Waals surface area contributed by atoms with E-state index in [1.165, 1.54) is 61.5 Å². The highest BCUT2D eigenvalue weighted by Crippen LogP contribution is 2.53. The topological polar surface area (TPSA) is 0 Å². The second-order valence-electron chi connectivity index (χ2n) is 5.62. The van der Waals surface area contributed by atoms with Crippen molar-refractivity contribution in [1.29, 1.82) is 0 Å². The van der Waals surface area contributed by atoms with Crippen LogP contribution in [-0.4, -0.2) is 17.3 Å². The first-order valence-electron chi connectivity index (χ1n) is 8.02. The molecule has 2 heteroatoms. The molecule has 0 atom stereocenters. The standard InChI is InChI=1S/C17H32S2/c1-4-7-13-19(14-8-5-2,15-9-6-3)16-17-11-10-12-18-17/h10-12H,4-9,13-16H2,1-3H3. The molecule has 112 valence electrons. The molecule has 0 N–H and O–H groups in total. The van der Waals surface area contributed by atoms with Crippen molar-refractivity contribution in [2.45, 2.75) is 65.0 Å². The molecule has 0 fully saturated rings. The van der Waals surface area contributed by atoms with E-state index in [2.05, 4.69) is 38.3 Å². The Morgan fingerprint density at radius 1 is 0.895 bits per heavy atom.